The van der Waals surface area contributed by atoms with Gasteiger partial charge in [0.1, 0.15) is 5.41 Å². The zero-order valence-electron chi connectivity index (χ0n) is 16.6. The van der Waals surface area contributed by atoms with Gasteiger partial charge in [-0.1, -0.05) is 20.8 Å². The summed E-state index contributed by atoms with van der Waals surface area (Å²) in [5.41, 5.74) is -2.73. The van der Waals surface area contributed by atoms with Crippen LogP contribution in [0.25, 0.3) is 0 Å². The van der Waals surface area contributed by atoms with Crippen LogP contribution in [-0.4, -0.2) is 34.6 Å². The van der Waals surface area contributed by atoms with Crippen LogP contribution in [0.3, 0.4) is 0 Å². The molecular formula is C20H32N2O3. The van der Waals surface area contributed by atoms with Gasteiger partial charge in [0.25, 0.3) is 0 Å². The number of amides is 1. The van der Waals surface area contributed by atoms with Crippen molar-refractivity contribution in [3.8, 4) is 0 Å². The topological polar surface area (TPSA) is 75.3 Å². The highest BCUT2D eigenvalue weighted by atomic mass is 16.2. The van der Waals surface area contributed by atoms with Crippen molar-refractivity contribution in [2.75, 3.05) is 0 Å². The molecule has 2 saturated carbocycles. The van der Waals surface area contributed by atoms with Crippen molar-refractivity contribution in [2.24, 2.45) is 16.2 Å². The van der Waals surface area contributed by atoms with Crippen LogP contribution in [0.15, 0.2) is 0 Å². The van der Waals surface area contributed by atoms with Crippen LogP contribution >= 0.6 is 0 Å². The van der Waals surface area contributed by atoms with E-state index in [4.69, 9.17) is 0 Å². The number of ketones is 2. The second kappa shape index (κ2) is 4.93. The van der Waals surface area contributed by atoms with E-state index in [1.165, 1.54) is 0 Å². The first-order valence-electron chi connectivity index (χ1n) is 9.38. The van der Waals surface area contributed by atoms with Crippen molar-refractivity contribution in [1.29, 1.82) is 0 Å². The minimum atomic E-state index is -1.20. The monoisotopic (exact) mass is 348 g/mol. The predicted octanol–water partition coefficient (Wildman–Crippen LogP) is 2.38. The molecule has 1 amide bonds. The van der Waals surface area contributed by atoms with Gasteiger partial charge in [0.15, 0.2) is 0 Å². The molecule has 3 aliphatic rings. The summed E-state index contributed by atoms with van der Waals surface area (Å²) in [6.45, 7) is 14.2. The summed E-state index contributed by atoms with van der Waals surface area (Å²) in [6.07, 6.45) is 2.70. The number of Topliss-reactive ketones (excluding diaryl/α,β-unsaturated/α-hetero) is 2. The number of piperidine rings is 1. The van der Waals surface area contributed by atoms with Gasteiger partial charge in [-0.2, -0.15) is 0 Å². The van der Waals surface area contributed by atoms with E-state index in [9.17, 15) is 14.4 Å². The molecule has 2 N–H and O–H groups in total. The van der Waals surface area contributed by atoms with E-state index in [-0.39, 0.29) is 28.8 Å². The molecule has 3 fully saturated rings. The van der Waals surface area contributed by atoms with E-state index >= 15 is 0 Å². The molecule has 0 aromatic rings. The third-order valence-electron chi connectivity index (χ3n) is 7.45. The Balaban J connectivity index is 1.89. The van der Waals surface area contributed by atoms with Crippen molar-refractivity contribution in [1.82, 2.24) is 10.6 Å². The van der Waals surface area contributed by atoms with E-state index in [0.717, 1.165) is 12.8 Å². The second-order valence-electron chi connectivity index (χ2n) is 10.5. The Morgan fingerprint density at radius 2 is 1.44 bits per heavy atom. The third kappa shape index (κ3) is 2.27. The molecule has 3 rings (SSSR count). The molecule has 0 aromatic carbocycles. The number of nitrogens with one attached hydrogen (secondary N) is 2. The van der Waals surface area contributed by atoms with Crippen molar-refractivity contribution in [3.63, 3.8) is 0 Å². The molecule has 1 heterocycles. The highest BCUT2D eigenvalue weighted by Gasteiger charge is 2.77. The van der Waals surface area contributed by atoms with Gasteiger partial charge >= 0.3 is 0 Å². The average molecular weight is 348 g/mol. The summed E-state index contributed by atoms with van der Waals surface area (Å²) < 4.78 is 0. The van der Waals surface area contributed by atoms with E-state index < -0.39 is 22.0 Å². The van der Waals surface area contributed by atoms with Gasteiger partial charge in [-0.25, -0.2) is 0 Å². The Labute approximate surface area is 150 Å². The molecule has 5 nitrogen and oxygen atoms in total. The Morgan fingerprint density at radius 1 is 0.920 bits per heavy atom. The van der Waals surface area contributed by atoms with Gasteiger partial charge in [0, 0.05) is 22.5 Å². The average Bonchev–Trinajstić information content (AvgIpc) is 2.67. The SMILES string of the molecule is CC1(C)CC(NC(=O)[C@]23CC[C@](C)(C(=O)C2=O)C3(C)C)CC(C)(C)N1. The first-order chi connectivity index (χ1) is 11.2. The first kappa shape index (κ1) is 18.6. The van der Waals surface area contributed by atoms with Crippen molar-refractivity contribution in [2.45, 2.75) is 91.3 Å². The highest BCUT2D eigenvalue weighted by Crippen LogP contribution is 2.69. The predicted molar refractivity (Wildman–Crippen MR) is 96.0 cm³/mol. The molecule has 1 saturated heterocycles. The lowest BCUT2D eigenvalue weighted by atomic mass is 9.64. The Morgan fingerprint density at radius 3 is 1.88 bits per heavy atom. The van der Waals surface area contributed by atoms with Crippen LogP contribution in [0.5, 0.6) is 0 Å². The molecule has 0 aromatic heterocycles. The maximum atomic E-state index is 13.3. The molecule has 0 unspecified atom stereocenters. The van der Waals surface area contributed by atoms with Crippen LogP contribution in [0.2, 0.25) is 0 Å². The normalized spacial score (nSPS) is 38.8. The van der Waals surface area contributed by atoms with Crippen LogP contribution in [0.1, 0.15) is 74.1 Å². The standard InChI is InChI=1S/C20H32N2O3/c1-16(2)10-12(11-17(3,4)22-16)21-15(25)20-9-8-19(7,18(20,5)6)13(23)14(20)24/h12,22H,8-11H2,1-7H3,(H,21,25)/t19-,20+/m1/s1. The van der Waals surface area contributed by atoms with Crippen LogP contribution in [0.4, 0.5) is 0 Å². The zero-order chi connectivity index (χ0) is 19.1. The highest BCUT2D eigenvalue weighted by molar-refractivity contribution is 6.48. The number of carbonyl (C=O) groups is 3. The fraction of sp³-hybridized carbons (Fsp3) is 0.850. The summed E-state index contributed by atoms with van der Waals surface area (Å²) >= 11 is 0. The summed E-state index contributed by atoms with van der Waals surface area (Å²) in [6, 6.07) is -0.000664. The van der Waals surface area contributed by atoms with Gasteiger partial charge in [0.2, 0.25) is 17.5 Å². The number of fused-ring (bicyclic) bond motifs is 2. The van der Waals surface area contributed by atoms with Crippen molar-refractivity contribution >= 4 is 17.5 Å². The van der Waals surface area contributed by atoms with Crippen molar-refractivity contribution in [3.05, 3.63) is 0 Å². The first-order valence-corrected chi connectivity index (χ1v) is 9.38. The van der Waals surface area contributed by atoms with E-state index in [1.54, 1.807) is 0 Å². The molecular weight excluding hydrogens is 316 g/mol. The van der Waals surface area contributed by atoms with Gasteiger partial charge in [-0.15, -0.1) is 0 Å². The number of hydrogen-bond acceptors (Lipinski definition) is 4. The molecule has 0 spiro atoms. The van der Waals surface area contributed by atoms with E-state index in [1.807, 2.05) is 20.8 Å². The van der Waals surface area contributed by atoms with E-state index in [0.29, 0.717) is 12.8 Å². The van der Waals surface area contributed by atoms with Gasteiger partial charge < -0.3 is 10.6 Å². The number of carbonyl (C=O) groups excluding carboxylic acids is 3. The quantitative estimate of drug-likeness (QED) is 0.593. The number of rotatable bonds is 2. The summed E-state index contributed by atoms with van der Waals surface area (Å²) in [5.74, 6) is -1.07. The summed E-state index contributed by atoms with van der Waals surface area (Å²) in [4.78, 5) is 38.7. The van der Waals surface area contributed by atoms with Gasteiger partial charge in [-0.05, 0) is 58.8 Å². The third-order valence-corrected chi connectivity index (χ3v) is 7.45. The Hall–Kier alpha value is -1.23. The summed E-state index contributed by atoms with van der Waals surface area (Å²) in [5, 5.41) is 6.76. The molecule has 0 radical (unpaired) electrons. The number of hydrogen-bond donors (Lipinski definition) is 2. The molecule has 2 aliphatic carbocycles. The molecule has 1 aliphatic heterocycles. The zero-order valence-corrected chi connectivity index (χ0v) is 16.6. The van der Waals surface area contributed by atoms with Gasteiger partial charge in [-0.3, -0.25) is 14.4 Å². The molecule has 25 heavy (non-hydrogen) atoms. The van der Waals surface area contributed by atoms with Crippen molar-refractivity contribution < 1.29 is 14.4 Å². The second-order valence-corrected chi connectivity index (χ2v) is 10.5. The maximum Gasteiger partial charge on any atom is 0.235 e. The fourth-order valence-corrected chi connectivity index (χ4v) is 6.01. The van der Waals surface area contributed by atoms with Crippen LogP contribution < -0.4 is 10.6 Å². The minimum absolute atomic E-state index is 0.000664. The summed E-state index contributed by atoms with van der Waals surface area (Å²) in [7, 11) is 0. The lowest BCUT2D eigenvalue weighted by Crippen LogP contribution is -2.63. The largest absolute Gasteiger partial charge is 0.352 e. The Bertz CT molecular complexity index is 648. The lowest BCUT2D eigenvalue weighted by Gasteiger charge is -2.47. The smallest absolute Gasteiger partial charge is 0.235 e. The van der Waals surface area contributed by atoms with Crippen LogP contribution in [-0.2, 0) is 14.4 Å². The molecule has 140 valence electrons. The van der Waals surface area contributed by atoms with Gasteiger partial charge in [0.05, 0.1) is 0 Å². The Kier molecular flexibility index (Phi) is 3.66. The molecule has 2 bridgehead atoms. The van der Waals surface area contributed by atoms with E-state index in [2.05, 4.69) is 38.3 Å². The van der Waals surface area contributed by atoms with Crippen LogP contribution in [0, 0.1) is 16.2 Å². The fourth-order valence-electron chi connectivity index (χ4n) is 6.01. The minimum Gasteiger partial charge on any atom is -0.352 e. The lowest BCUT2D eigenvalue weighted by molar-refractivity contribution is -0.149. The maximum absolute atomic E-state index is 13.3. The molecule has 2 atom stereocenters. The molecule has 5 heteroatoms.